The molecule has 1 unspecified atom stereocenters. The molecule has 1 atom stereocenters. The number of nitrogens with one attached hydrogen (secondary N) is 1. The van der Waals surface area contributed by atoms with E-state index >= 15 is 0 Å². The Kier molecular flexibility index (Phi) is 6.24. The molecule has 1 aliphatic heterocycles. The molecular formula is C22H25FN4O4. The van der Waals surface area contributed by atoms with Crippen LogP contribution in [0.4, 0.5) is 15.8 Å². The van der Waals surface area contributed by atoms with Crippen molar-refractivity contribution in [2.24, 2.45) is 5.10 Å². The highest BCUT2D eigenvalue weighted by molar-refractivity contribution is 5.84. The van der Waals surface area contributed by atoms with Gasteiger partial charge in [-0.1, -0.05) is 19.1 Å². The molecule has 9 heteroatoms. The van der Waals surface area contributed by atoms with Gasteiger partial charge in [0.25, 0.3) is 5.91 Å². The van der Waals surface area contributed by atoms with E-state index in [1.54, 1.807) is 12.1 Å². The Labute approximate surface area is 179 Å². The number of nitrogens with zero attached hydrogens (tertiary/aromatic N) is 3. The van der Waals surface area contributed by atoms with Crippen molar-refractivity contribution in [2.45, 2.75) is 38.6 Å². The van der Waals surface area contributed by atoms with Gasteiger partial charge in [-0.15, -0.1) is 0 Å². The summed E-state index contributed by atoms with van der Waals surface area (Å²) in [6.07, 6.45) is 2.17. The number of carbonyl (C=O) groups is 1. The van der Waals surface area contributed by atoms with Crippen LogP contribution in [0, 0.1) is 15.9 Å². The minimum atomic E-state index is -0.623. The lowest BCUT2D eigenvalue weighted by Crippen LogP contribution is -2.45. The van der Waals surface area contributed by atoms with Gasteiger partial charge in [-0.3, -0.25) is 14.9 Å². The van der Waals surface area contributed by atoms with Crippen LogP contribution in [0.5, 0.6) is 5.75 Å². The number of para-hydroxylation sites is 2. The van der Waals surface area contributed by atoms with Gasteiger partial charge in [0.05, 0.1) is 11.1 Å². The lowest BCUT2D eigenvalue weighted by molar-refractivity contribution is -0.385. The number of carbonyl (C=O) groups excluding carboxylic acids is 1. The van der Waals surface area contributed by atoms with Gasteiger partial charge in [-0.05, 0) is 49.9 Å². The molecule has 0 saturated heterocycles. The first-order valence-corrected chi connectivity index (χ1v) is 9.85. The monoisotopic (exact) mass is 428 g/mol. The highest BCUT2D eigenvalue weighted by atomic mass is 19.1. The summed E-state index contributed by atoms with van der Waals surface area (Å²) < 4.78 is 19.8. The highest BCUT2D eigenvalue weighted by Crippen LogP contribution is 2.43. The molecule has 2 aromatic carbocycles. The summed E-state index contributed by atoms with van der Waals surface area (Å²) >= 11 is 0. The van der Waals surface area contributed by atoms with E-state index in [1.165, 1.54) is 30.5 Å². The molecule has 2 aromatic rings. The highest BCUT2D eigenvalue weighted by Gasteiger charge is 2.34. The summed E-state index contributed by atoms with van der Waals surface area (Å²) in [7, 11) is 1.95. The number of amides is 1. The normalized spacial score (nSPS) is 17.3. The molecule has 0 aliphatic carbocycles. The largest absolute Gasteiger partial charge is 0.477 e. The Morgan fingerprint density at radius 1 is 1.42 bits per heavy atom. The Morgan fingerprint density at radius 3 is 2.84 bits per heavy atom. The number of benzene rings is 2. The van der Waals surface area contributed by atoms with E-state index in [1.807, 2.05) is 7.05 Å². The summed E-state index contributed by atoms with van der Waals surface area (Å²) in [5.41, 5.74) is 4.07. The number of fused-ring (bicyclic) bond motifs is 1. The molecular weight excluding hydrogens is 403 g/mol. The first-order chi connectivity index (χ1) is 14.6. The van der Waals surface area contributed by atoms with Crippen molar-refractivity contribution in [2.75, 3.05) is 18.6 Å². The topological polar surface area (TPSA) is 97.1 Å². The Morgan fingerprint density at radius 2 is 2.13 bits per heavy atom. The maximum atomic E-state index is 14.6. The van der Waals surface area contributed by atoms with Gasteiger partial charge in [0, 0.05) is 29.9 Å². The molecule has 0 bridgehead atoms. The second-order valence-corrected chi connectivity index (χ2v) is 8.22. The molecule has 164 valence electrons. The SMILES string of the molecule is CC1CC(C)(C)N(C)c2cc(F)c(/C=N/NC(=O)COc3ccccc3[N+](=O)[O-])cc21. The van der Waals surface area contributed by atoms with Gasteiger partial charge in [0.1, 0.15) is 5.82 Å². The quantitative estimate of drug-likeness (QED) is 0.426. The average Bonchev–Trinajstić information content (AvgIpc) is 2.71. The second-order valence-electron chi connectivity index (χ2n) is 8.22. The van der Waals surface area contributed by atoms with Crippen molar-refractivity contribution in [3.63, 3.8) is 0 Å². The van der Waals surface area contributed by atoms with E-state index in [-0.39, 0.29) is 28.5 Å². The molecule has 1 heterocycles. The maximum absolute atomic E-state index is 14.6. The van der Waals surface area contributed by atoms with E-state index in [4.69, 9.17) is 4.74 Å². The smallest absolute Gasteiger partial charge is 0.310 e. The maximum Gasteiger partial charge on any atom is 0.310 e. The summed E-state index contributed by atoms with van der Waals surface area (Å²) in [6, 6.07) is 8.99. The molecule has 0 fully saturated rings. The summed E-state index contributed by atoms with van der Waals surface area (Å²) in [5, 5.41) is 14.8. The van der Waals surface area contributed by atoms with E-state index in [2.05, 4.69) is 36.2 Å². The summed E-state index contributed by atoms with van der Waals surface area (Å²) in [4.78, 5) is 24.4. The molecule has 0 radical (unpaired) electrons. The number of halogens is 1. The predicted molar refractivity (Wildman–Crippen MR) is 116 cm³/mol. The lowest BCUT2D eigenvalue weighted by Gasteiger charge is -2.45. The van der Waals surface area contributed by atoms with Crippen LogP contribution in [0.1, 0.15) is 44.2 Å². The number of rotatable bonds is 6. The number of hydrogen-bond acceptors (Lipinski definition) is 6. The molecule has 0 spiro atoms. The molecule has 0 saturated carbocycles. The van der Waals surface area contributed by atoms with Gasteiger partial charge in [-0.2, -0.15) is 5.10 Å². The zero-order chi connectivity index (χ0) is 22.8. The first kappa shape index (κ1) is 22.2. The van der Waals surface area contributed by atoms with E-state index < -0.39 is 23.3 Å². The van der Waals surface area contributed by atoms with Gasteiger partial charge in [0.2, 0.25) is 0 Å². The molecule has 1 aliphatic rings. The van der Waals surface area contributed by atoms with E-state index in [0.717, 1.165) is 17.7 Å². The number of hydrogen-bond donors (Lipinski definition) is 1. The average molecular weight is 428 g/mol. The second kappa shape index (κ2) is 8.71. The molecule has 8 nitrogen and oxygen atoms in total. The minimum Gasteiger partial charge on any atom is -0.477 e. The number of ether oxygens (including phenoxy) is 1. The third-order valence-electron chi connectivity index (χ3n) is 5.57. The third-order valence-corrected chi connectivity index (χ3v) is 5.57. The van der Waals surface area contributed by atoms with Gasteiger partial charge in [0.15, 0.2) is 12.4 Å². The van der Waals surface area contributed by atoms with E-state index in [9.17, 15) is 19.3 Å². The fraction of sp³-hybridized carbons (Fsp3) is 0.364. The standard InChI is InChI=1S/C22H25FN4O4/c1-14-11-22(2,3)26(4)19-10-17(23)15(9-16(14)19)12-24-25-21(28)13-31-20-8-6-5-7-18(20)27(29)30/h5-10,12,14H,11,13H2,1-4H3,(H,25,28)/b24-12+. The lowest BCUT2D eigenvalue weighted by atomic mass is 9.80. The van der Waals surface area contributed by atoms with Crippen molar-refractivity contribution in [1.82, 2.24) is 5.43 Å². The molecule has 1 amide bonds. The van der Waals surface area contributed by atoms with Crippen LogP contribution in [0.3, 0.4) is 0 Å². The van der Waals surface area contributed by atoms with Crippen LogP contribution in [-0.4, -0.2) is 36.2 Å². The molecule has 3 rings (SSSR count). The zero-order valence-corrected chi connectivity index (χ0v) is 17.9. The number of nitro benzene ring substituents is 1. The summed E-state index contributed by atoms with van der Waals surface area (Å²) in [6.45, 7) is 5.89. The van der Waals surface area contributed by atoms with Gasteiger partial charge >= 0.3 is 5.69 Å². The van der Waals surface area contributed by atoms with Crippen molar-refractivity contribution in [3.05, 3.63) is 63.5 Å². The number of hydrazone groups is 1. The Balaban J connectivity index is 1.66. The van der Waals surface area contributed by atoms with Crippen LogP contribution >= 0.6 is 0 Å². The van der Waals surface area contributed by atoms with Gasteiger partial charge in [-0.25, -0.2) is 9.82 Å². The first-order valence-electron chi connectivity index (χ1n) is 9.85. The van der Waals surface area contributed by atoms with Crippen molar-refractivity contribution < 1.29 is 18.8 Å². The summed E-state index contributed by atoms with van der Waals surface area (Å²) in [5.74, 6) is -0.834. The van der Waals surface area contributed by atoms with Crippen molar-refractivity contribution in [3.8, 4) is 5.75 Å². The fourth-order valence-electron chi connectivity index (χ4n) is 3.78. The molecule has 1 N–H and O–H groups in total. The van der Waals surface area contributed by atoms with Crippen LogP contribution in [-0.2, 0) is 4.79 Å². The zero-order valence-electron chi connectivity index (χ0n) is 17.9. The van der Waals surface area contributed by atoms with Crippen LogP contribution in [0.15, 0.2) is 41.5 Å². The third kappa shape index (κ3) is 4.82. The minimum absolute atomic E-state index is 0.0200. The number of nitro groups is 1. The predicted octanol–water partition coefficient (Wildman–Crippen LogP) is 3.99. The fourth-order valence-corrected chi connectivity index (χ4v) is 3.78. The van der Waals surface area contributed by atoms with Crippen molar-refractivity contribution >= 4 is 23.5 Å². The molecule has 0 aromatic heterocycles. The van der Waals surface area contributed by atoms with Crippen LogP contribution in [0.2, 0.25) is 0 Å². The van der Waals surface area contributed by atoms with Crippen LogP contribution in [0.25, 0.3) is 0 Å². The van der Waals surface area contributed by atoms with Gasteiger partial charge < -0.3 is 9.64 Å². The Hall–Kier alpha value is -3.49. The van der Waals surface area contributed by atoms with Crippen LogP contribution < -0.4 is 15.1 Å². The molecule has 31 heavy (non-hydrogen) atoms. The number of anilines is 1. The Bertz CT molecular complexity index is 1040. The van der Waals surface area contributed by atoms with E-state index in [0.29, 0.717) is 0 Å². The van der Waals surface area contributed by atoms with Crippen molar-refractivity contribution in [1.29, 1.82) is 0 Å².